The lowest BCUT2D eigenvalue weighted by molar-refractivity contribution is -0.384. The van der Waals surface area contributed by atoms with Gasteiger partial charge in [0.25, 0.3) is 11.2 Å². The Morgan fingerprint density at radius 3 is 2.53 bits per heavy atom. The maximum absolute atomic E-state index is 14.4. The molecule has 248 valence electrons. The molecule has 13 nitrogen and oxygen atoms in total. The zero-order chi connectivity index (χ0) is 34.8. The number of methoxy groups -OCH3 is 1. The molecular formula is C35H29N5O8S. The number of nitro groups is 1. The van der Waals surface area contributed by atoms with Crippen LogP contribution in [-0.4, -0.2) is 44.9 Å². The highest BCUT2D eigenvalue weighted by atomic mass is 32.1. The van der Waals surface area contributed by atoms with Crippen molar-refractivity contribution in [2.75, 3.05) is 13.7 Å². The highest BCUT2D eigenvalue weighted by Crippen LogP contribution is 2.36. The first kappa shape index (κ1) is 32.8. The van der Waals surface area contributed by atoms with Crippen LogP contribution in [0.5, 0.6) is 11.5 Å². The average molecular weight is 680 g/mol. The van der Waals surface area contributed by atoms with Crippen molar-refractivity contribution in [3.63, 3.8) is 0 Å². The molecule has 0 saturated heterocycles. The molecule has 14 heteroatoms. The van der Waals surface area contributed by atoms with Gasteiger partial charge in [0, 0.05) is 36.4 Å². The van der Waals surface area contributed by atoms with Crippen LogP contribution in [0.3, 0.4) is 0 Å². The fourth-order valence-electron chi connectivity index (χ4n) is 5.54. The van der Waals surface area contributed by atoms with E-state index in [9.17, 15) is 24.5 Å². The minimum absolute atomic E-state index is 0.103. The summed E-state index contributed by atoms with van der Waals surface area (Å²) < 4.78 is 19.5. The summed E-state index contributed by atoms with van der Waals surface area (Å²) in [6.45, 7) is 4.73. The lowest BCUT2D eigenvalue weighted by Crippen LogP contribution is -2.40. The van der Waals surface area contributed by atoms with Gasteiger partial charge >= 0.3 is 11.9 Å². The number of nitrogens with zero attached hydrogens (tertiary/aromatic N) is 5. The highest BCUT2D eigenvalue weighted by Gasteiger charge is 2.34. The van der Waals surface area contributed by atoms with Crippen LogP contribution in [0.2, 0.25) is 0 Å². The second-order valence-electron chi connectivity index (χ2n) is 10.8. The smallest absolute Gasteiger partial charge is 0.338 e. The third kappa shape index (κ3) is 6.41. The number of para-hydroxylation sites is 1. The molecule has 0 bridgehead atoms. The molecule has 0 aliphatic carbocycles. The van der Waals surface area contributed by atoms with Crippen molar-refractivity contribution in [1.29, 1.82) is 0 Å². The number of aromatic nitrogens is 3. The van der Waals surface area contributed by atoms with E-state index < -0.39 is 28.5 Å². The molecule has 0 amide bonds. The number of nitro benzene ring substituents is 1. The number of allylic oxidation sites excluding steroid dienone is 1. The van der Waals surface area contributed by atoms with Crippen molar-refractivity contribution in [1.82, 2.24) is 14.3 Å². The molecule has 3 aromatic carbocycles. The van der Waals surface area contributed by atoms with Gasteiger partial charge < -0.3 is 14.2 Å². The van der Waals surface area contributed by atoms with E-state index in [1.54, 1.807) is 55.1 Å². The van der Waals surface area contributed by atoms with Gasteiger partial charge in [-0.2, -0.15) is 5.10 Å². The number of fused-ring (bicyclic) bond motifs is 1. The summed E-state index contributed by atoms with van der Waals surface area (Å²) in [6.07, 6.45) is 3.41. The number of non-ortho nitro benzene ring substituents is 1. The van der Waals surface area contributed by atoms with E-state index >= 15 is 0 Å². The molecule has 1 aliphatic heterocycles. The SMILES string of the molecule is CCOC(=O)C1=C(C)N=c2s/c(=C\c3cn(-c4ccccc4)nc3-c3cccc([N+](=O)[O-])c3)c(=O)n2[C@@H]1c1ccc(OC(C)=O)c(OC)c1. The van der Waals surface area contributed by atoms with E-state index in [-0.39, 0.29) is 33.9 Å². The number of esters is 2. The number of thiazole rings is 1. The molecule has 0 unspecified atom stereocenters. The lowest BCUT2D eigenvalue weighted by Gasteiger charge is -2.25. The molecule has 0 radical (unpaired) electrons. The predicted molar refractivity (Wildman–Crippen MR) is 180 cm³/mol. The zero-order valence-electron chi connectivity index (χ0n) is 26.8. The number of rotatable bonds is 9. The summed E-state index contributed by atoms with van der Waals surface area (Å²) in [7, 11) is 1.42. The molecule has 2 aromatic heterocycles. The fourth-order valence-corrected chi connectivity index (χ4v) is 6.58. The molecular weight excluding hydrogens is 650 g/mol. The molecule has 3 heterocycles. The number of carbonyl (C=O) groups excluding carboxylic acids is 2. The van der Waals surface area contributed by atoms with Gasteiger partial charge in [-0.05, 0) is 49.8 Å². The Bertz CT molecular complexity index is 2340. The van der Waals surface area contributed by atoms with Crippen LogP contribution in [-0.2, 0) is 14.3 Å². The van der Waals surface area contributed by atoms with E-state index in [2.05, 4.69) is 4.99 Å². The van der Waals surface area contributed by atoms with Gasteiger partial charge in [-0.3, -0.25) is 24.3 Å². The first-order chi connectivity index (χ1) is 23.6. The monoisotopic (exact) mass is 679 g/mol. The van der Waals surface area contributed by atoms with Crippen molar-refractivity contribution in [2.24, 2.45) is 4.99 Å². The molecule has 0 fully saturated rings. The van der Waals surface area contributed by atoms with Crippen molar-refractivity contribution in [2.45, 2.75) is 26.8 Å². The van der Waals surface area contributed by atoms with Crippen molar-refractivity contribution in [3.05, 3.63) is 131 Å². The van der Waals surface area contributed by atoms with Gasteiger partial charge in [-0.25, -0.2) is 14.5 Å². The number of hydrogen-bond acceptors (Lipinski definition) is 11. The molecule has 1 aliphatic rings. The van der Waals surface area contributed by atoms with Gasteiger partial charge in [0.2, 0.25) is 0 Å². The molecule has 5 aromatic rings. The van der Waals surface area contributed by atoms with Gasteiger partial charge in [0.15, 0.2) is 16.3 Å². The number of benzene rings is 3. The summed E-state index contributed by atoms with van der Waals surface area (Å²) in [6, 6.07) is 19.3. The fraction of sp³-hybridized carbons (Fsp3) is 0.171. The summed E-state index contributed by atoms with van der Waals surface area (Å²) in [4.78, 5) is 55.5. The van der Waals surface area contributed by atoms with E-state index in [0.717, 1.165) is 17.0 Å². The van der Waals surface area contributed by atoms with E-state index in [1.807, 2.05) is 30.3 Å². The Balaban J connectivity index is 1.57. The first-order valence-corrected chi connectivity index (χ1v) is 15.9. The summed E-state index contributed by atoms with van der Waals surface area (Å²) in [5, 5.41) is 16.3. The highest BCUT2D eigenvalue weighted by molar-refractivity contribution is 7.07. The van der Waals surface area contributed by atoms with Gasteiger partial charge in [0.1, 0.15) is 5.69 Å². The Morgan fingerprint density at radius 2 is 1.84 bits per heavy atom. The van der Waals surface area contributed by atoms with Crippen molar-refractivity contribution in [3.8, 4) is 28.4 Å². The third-order valence-electron chi connectivity index (χ3n) is 7.65. The van der Waals surface area contributed by atoms with Crippen molar-refractivity contribution < 1.29 is 28.7 Å². The van der Waals surface area contributed by atoms with Crippen LogP contribution in [0.15, 0.2) is 100 Å². The summed E-state index contributed by atoms with van der Waals surface area (Å²) >= 11 is 1.12. The molecule has 49 heavy (non-hydrogen) atoms. The van der Waals surface area contributed by atoms with Crippen LogP contribution >= 0.6 is 11.3 Å². The first-order valence-electron chi connectivity index (χ1n) is 15.1. The van der Waals surface area contributed by atoms with E-state index in [0.29, 0.717) is 32.9 Å². The van der Waals surface area contributed by atoms with E-state index in [4.69, 9.17) is 19.3 Å². The Hall–Kier alpha value is -6.15. The minimum atomic E-state index is -0.957. The van der Waals surface area contributed by atoms with Gasteiger partial charge in [0.05, 0.1) is 46.2 Å². The number of ether oxygens (including phenoxy) is 3. The van der Waals surface area contributed by atoms with Crippen LogP contribution in [0, 0.1) is 10.1 Å². The Morgan fingerprint density at radius 1 is 1.06 bits per heavy atom. The maximum Gasteiger partial charge on any atom is 0.338 e. The topological polar surface area (TPSA) is 157 Å². The Kier molecular flexibility index (Phi) is 9.05. The molecule has 1 atom stereocenters. The number of hydrogen-bond donors (Lipinski definition) is 0. The van der Waals surface area contributed by atoms with Crippen LogP contribution in [0.1, 0.15) is 37.9 Å². The largest absolute Gasteiger partial charge is 0.493 e. The summed E-state index contributed by atoms with van der Waals surface area (Å²) in [5.74, 6) is -0.776. The zero-order valence-corrected chi connectivity index (χ0v) is 27.6. The lowest BCUT2D eigenvalue weighted by atomic mass is 9.95. The second kappa shape index (κ2) is 13.5. The molecule has 6 rings (SSSR count). The molecule has 0 spiro atoms. The van der Waals surface area contributed by atoms with Crippen LogP contribution < -0.4 is 24.4 Å². The normalized spacial score (nSPS) is 14.2. The van der Waals surface area contributed by atoms with Gasteiger partial charge in [-0.1, -0.05) is 47.7 Å². The average Bonchev–Trinajstić information content (AvgIpc) is 3.65. The standard InChI is InChI=1S/C35H29N5O8S/c1-5-47-34(43)30-20(2)36-35-39(32(30)23-14-15-27(48-21(3)41)28(17-23)46-4)33(42)29(49-35)18-24-19-38(25-11-7-6-8-12-25)37-31(24)22-10-9-13-26(16-22)40(44)45/h6-19,32H,5H2,1-4H3/b29-18-/t32-/m1/s1. The molecule has 0 N–H and O–H groups in total. The minimum Gasteiger partial charge on any atom is -0.493 e. The number of carbonyl (C=O) groups is 2. The quantitative estimate of drug-likeness (QED) is 0.0948. The second-order valence-corrected chi connectivity index (χ2v) is 11.8. The molecule has 0 saturated carbocycles. The summed E-state index contributed by atoms with van der Waals surface area (Å²) in [5.41, 5.74) is 2.66. The third-order valence-corrected chi connectivity index (χ3v) is 8.64. The predicted octanol–water partition coefficient (Wildman–Crippen LogP) is 4.49. The van der Waals surface area contributed by atoms with Crippen LogP contribution in [0.25, 0.3) is 23.0 Å². The van der Waals surface area contributed by atoms with E-state index in [1.165, 1.54) is 36.8 Å². The maximum atomic E-state index is 14.4. The van der Waals surface area contributed by atoms with Crippen molar-refractivity contribution >= 4 is 35.0 Å². The Labute approximate surface area is 282 Å². The van der Waals surface area contributed by atoms with Crippen LogP contribution in [0.4, 0.5) is 5.69 Å². The van der Waals surface area contributed by atoms with Gasteiger partial charge in [-0.15, -0.1) is 0 Å².